The van der Waals surface area contributed by atoms with Crippen LogP contribution in [0.15, 0.2) is 72.9 Å². The van der Waals surface area contributed by atoms with Crippen LogP contribution < -0.4 is 10.2 Å². The number of hydrogen-bond acceptors (Lipinski definition) is 5. The smallest absolute Gasteiger partial charge is 0.407 e. The monoisotopic (exact) mass is 454 g/mol. The van der Waals surface area contributed by atoms with Crippen LogP contribution in [-0.4, -0.2) is 56.0 Å². The number of aromatic nitrogens is 3. The van der Waals surface area contributed by atoms with E-state index in [0.29, 0.717) is 13.1 Å². The molecule has 2 fully saturated rings. The molecular formula is C26H26N6O2. The van der Waals surface area contributed by atoms with Gasteiger partial charge in [0.1, 0.15) is 5.82 Å². The van der Waals surface area contributed by atoms with E-state index in [-0.39, 0.29) is 18.1 Å². The molecule has 2 unspecified atom stereocenters. The van der Waals surface area contributed by atoms with E-state index in [1.807, 2.05) is 47.1 Å². The molecule has 172 valence electrons. The molecule has 2 N–H and O–H groups in total. The van der Waals surface area contributed by atoms with Crippen molar-refractivity contribution in [2.75, 3.05) is 23.3 Å². The summed E-state index contributed by atoms with van der Waals surface area (Å²) in [7, 11) is 0. The van der Waals surface area contributed by atoms with Gasteiger partial charge in [0.25, 0.3) is 0 Å². The summed E-state index contributed by atoms with van der Waals surface area (Å²) >= 11 is 0. The second kappa shape index (κ2) is 8.06. The molecule has 2 aliphatic rings. The Bertz CT molecular complexity index is 1350. The number of amides is 1. The molecule has 4 aromatic rings. The molecule has 6 rings (SSSR count). The van der Waals surface area contributed by atoms with Crippen LogP contribution in [0.1, 0.15) is 24.9 Å². The number of benzene rings is 2. The second-order valence-electron chi connectivity index (χ2n) is 9.06. The number of anilines is 2. The van der Waals surface area contributed by atoms with Crippen LogP contribution in [0.25, 0.3) is 16.6 Å². The highest BCUT2D eigenvalue weighted by molar-refractivity contribution is 5.92. The van der Waals surface area contributed by atoms with E-state index in [4.69, 9.17) is 5.10 Å². The molecule has 4 heterocycles. The van der Waals surface area contributed by atoms with Gasteiger partial charge in [0.2, 0.25) is 0 Å². The van der Waals surface area contributed by atoms with Crippen molar-refractivity contribution in [3.8, 4) is 5.69 Å². The molecule has 2 aromatic heterocycles. The number of rotatable bonds is 5. The number of hydrogen-bond donors (Lipinski definition) is 2. The van der Waals surface area contributed by atoms with Crippen molar-refractivity contribution in [1.82, 2.24) is 19.7 Å². The summed E-state index contributed by atoms with van der Waals surface area (Å²) in [6, 6.07) is 22.8. The first-order valence-corrected chi connectivity index (χ1v) is 11.6. The largest absolute Gasteiger partial charge is 0.465 e. The highest BCUT2D eigenvalue weighted by Crippen LogP contribution is 2.38. The minimum atomic E-state index is -0.830. The van der Waals surface area contributed by atoms with Gasteiger partial charge in [0, 0.05) is 36.8 Å². The molecule has 0 aliphatic carbocycles. The van der Waals surface area contributed by atoms with E-state index in [9.17, 15) is 9.90 Å². The number of carbonyl (C=O) groups is 1. The molecule has 0 saturated carbocycles. The first-order valence-electron chi connectivity index (χ1n) is 11.6. The quantitative estimate of drug-likeness (QED) is 0.461. The normalized spacial score (nSPS) is 20.1. The Labute approximate surface area is 197 Å². The van der Waals surface area contributed by atoms with Gasteiger partial charge in [-0.2, -0.15) is 0 Å². The molecule has 0 radical (unpaired) electrons. The van der Waals surface area contributed by atoms with E-state index >= 15 is 0 Å². The van der Waals surface area contributed by atoms with Crippen molar-refractivity contribution in [3.63, 3.8) is 0 Å². The highest BCUT2D eigenvalue weighted by Gasteiger charge is 2.46. The number of nitrogens with zero attached hydrogens (tertiary/aromatic N) is 5. The van der Waals surface area contributed by atoms with Crippen molar-refractivity contribution in [2.24, 2.45) is 0 Å². The summed E-state index contributed by atoms with van der Waals surface area (Å²) in [4.78, 5) is 19.9. The van der Waals surface area contributed by atoms with Gasteiger partial charge in [-0.05, 0) is 37.1 Å². The van der Waals surface area contributed by atoms with Crippen LogP contribution in [0.4, 0.5) is 16.4 Å². The molecule has 2 aromatic carbocycles. The number of nitrogens with one attached hydrogen (secondary N) is 1. The van der Waals surface area contributed by atoms with E-state index in [2.05, 4.69) is 46.4 Å². The van der Waals surface area contributed by atoms with Crippen molar-refractivity contribution in [2.45, 2.75) is 31.5 Å². The third-order valence-electron chi connectivity index (χ3n) is 6.98. The van der Waals surface area contributed by atoms with Gasteiger partial charge in [0.05, 0.1) is 23.3 Å². The molecule has 0 spiro atoms. The first-order chi connectivity index (χ1) is 16.6. The summed E-state index contributed by atoms with van der Waals surface area (Å²) in [6.07, 6.45) is 1.83. The molecule has 34 heavy (non-hydrogen) atoms. The van der Waals surface area contributed by atoms with Crippen LogP contribution in [0.2, 0.25) is 0 Å². The number of fused-ring (bicyclic) bond motifs is 3. The zero-order valence-electron chi connectivity index (χ0n) is 18.9. The Morgan fingerprint density at radius 1 is 1.06 bits per heavy atom. The molecule has 2 saturated heterocycles. The Morgan fingerprint density at radius 3 is 2.62 bits per heavy atom. The fourth-order valence-electron chi connectivity index (χ4n) is 5.30. The standard InChI is InChI=1S/C26H26N6O2/c1-17(18-7-3-2-4-8-18)28-24-14-19(11-12-27-24)32-23-10-6-5-9-22(23)25(29-32)30-15-21-13-20(30)16-31(21)26(33)34/h2-12,14,17,20-21H,13,15-16H2,1H3,(H,27,28)(H,33,34)/t17-,20?,21?/m0/s1. The average molecular weight is 455 g/mol. The summed E-state index contributed by atoms with van der Waals surface area (Å²) in [5, 5.41) is 19.0. The number of piperazine rings is 1. The highest BCUT2D eigenvalue weighted by atomic mass is 16.4. The van der Waals surface area contributed by atoms with E-state index in [1.165, 1.54) is 5.56 Å². The maximum Gasteiger partial charge on any atom is 0.407 e. The maximum atomic E-state index is 11.5. The Hall–Kier alpha value is -4.07. The summed E-state index contributed by atoms with van der Waals surface area (Å²) < 4.78 is 1.96. The van der Waals surface area contributed by atoms with Gasteiger partial charge in [-0.15, -0.1) is 5.10 Å². The van der Waals surface area contributed by atoms with Gasteiger partial charge in [0.15, 0.2) is 5.82 Å². The van der Waals surface area contributed by atoms with Gasteiger partial charge >= 0.3 is 6.09 Å². The zero-order valence-corrected chi connectivity index (χ0v) is 18.9. The molecule has 2 aliphatic heterocycles. The number of pyridine rings is 1. The van der Waals surface area contributed by atoms with Crippen LogP contribution in [0.3, 0.4) is 0 Å². The third kappa shape index (κ3) is 3.42. The predicted octanol–water partition coefficient (Wildman–Crippen LogP) is 4.53. The van der Waals surface area contributed by atoms with Crippen LogP contribution in [0.5, 0.6) is 0 Å². The van der Waals surface area contributed by atoms with Crippen molar-refractivity contribution < 1.29 is 9.90 Å². The Kier molecular flexibility index (Phi) is 4.86. The molecule has 1 amide bonds. The molecular weight excluding hydrogens is 428 g/mol. The van der Waals surface area contributed by atoms with Crippen LogP contribution >= 0.6 is 0 Å². The van der Waals surface area contributed by atoms with Crippen molar-refractivity contribution in [1.29, 1.82) is 0 Å². The SMILES string of the molecule is C[C@H](Nc1cc(-n2nc(N3CC4CC3CN4C(=O)O)c3ccccc32)ccn1)c1ccccc1. The predicted molar refractivity (Wildman–Crippen MR) is 132 cm³/mol. The zero-order chi connectivity index (χ0) is 23.2. The third-order valence-corrected chi connectivity index (χ3v) is 6.98. The second-order valence-corrected chi connectivity index (χ2v) is 9.06. The van der Waals surface area contributed by atoms with Gasteiger partial charge in [-0.3, -0.25) is 0 Å². The minimum absolute atomic E-state index is 0.0302. The van der Waals surface area contributed by atoms with Gasteiger partial charge in [-0.1, -0.05) is 42.5 Å². The average Bonchev–Trinajstić information content (AvgIpc) is 3.57. The fourth-order valence-corrected chi connectivity index (χ4v) is 5.30. The lowest BCUT2D eigenvalue weighted by atomic mass is 10.1. The molecule has 8 heteroatoms. The van der Waals surface area contributed by atoms with Crippen LogP contribution in [0, 0.1) is 0 Å². The summed E-state index contributed by atoms with van der Waals surface area (Å²) in [6.45, 7) is 3.32. The van der Waals surface area contributed by atoms with Gasteiger partial charge in [-0.25, -0.2) is 14.5 Å². The molecule has 2 bridgehead atoms. The Morgan fingerprint density at radius 2 is 1.85 bits per heavy atom. The Balaban J connectivity index is 1.33. The van der Waals surface area contributed by atoms with Crippen molar-refractivity contribution in [3.05, 3.63) is 78.5 Å². The van der Waals surface area contributed by atoms with E-state index < -0.39 is 6.09 Å². The molecule has 3 atom stereocenters. The van der Waals surface area contributed by atoms with Crippen LogP contribution in [-0.2, 0) is 0 Å². The summed E-state index contributed by atoms with van der Waals surface area (Å²) in [5.74, 6) is 1.70. The lowest BCUT2D eigenvalue weighted by Crippen LogP contribution is -2.48. The van der Waals surface area contributed by atoms with E-state index in [0.717, 1.165) is 34.6 Å². The van der Waals surface area contributed by atoms with E-state index in [1.54, 1.807) is 11.1 Å². The lowest BCUT2D eigenvalue weighted by molar-refractivity contribution is 0.137. The molecule has 8 nitrogen and oxygen atoms in total. The summed E-state index contributed by atoms with van der Waals surface area (Å²) in [5.41, 5.74) is 3.14. The number of para-hydroxylation sites is 1. The minimum Gasteiger partial charge on any atom is -0.465 e. The number of carboxylic acid groups (broad SMARTS) is 1. The lowest BCUT2D eigenvalue weighted by Gasteiger charge is -2.32. The van der Waals surface area contributed by atoms with Gasteiger partial charge < -0.3 is 20.2 Å². The topological polar surface area (TPSA) is 86.5 Å². The number of likely N-dealkylation sites (tertiary alicyclic amines) is 1. The maximum absolute atomic E-state index is 11.5. The fraction of sp³-hybridized carbons (Fsp3) is 0.269. The first kappa shape index (κ1) is 20.5. The van der Waals surface area contributed by atoms with Crippen molar-refractivity contribution >= 4 is 28.6 Å².